The van der Waals surface area contributed by atoms with Gasteiger partial charge >= 0.3 is 0 Å². The molecular weight excluding hydrogens is 272 g/mol. The van der Waals surface area contributed by atoms with Crippen molar-refractivity contribution < 1.29 is 9.66 Å². The van der Waals surface area contributed by atoms with Crippen molar-refractivity contribution in [3.63, 3.8) is 0 Å². The summed E-state index contributed by atoms with van der Waals surface area (Å²) in [6.45, 7) is 0. The predicted octanol–water partition coefficient (Wildman–Crippen LogP) is 2.70. The maximum atomic E-state index is 10.6. The van der Waals surface area contributed by atoms with Gasteiger partial charge in [0.05, 0.1) is 9.95 Å². The van der Waals surface area contributed by atoms with Crippen molar-refractivity contribution in [2.75, 3.05) is 0 Å². The molecule has 0 aliphatic heterocycles. The minimum atomic E-state index is -0.571. The molecule has 19 heavy (non-hydrogen) atoms. The van der Waals surface area contributed by atoms with Crippen molar-refractivity contribution in [2.24, 2.45) is 0 Å². The summed E-state index contributed by atoms with van der Waals surface area (Å²) in [5.41, 5.74) is -0.158. The molecule has 0 radical (unpaired) electrons. The zero-order valence-corrected chi connectivity index (χ0v) is 10.0. The van der Waals surface area contributed by atoms with Crippen molar-refractivity contribution in [1.82, 2.24) is 9.97 Å². The fourth-order valence-corrected chi connectivity index (χ4v) is 1.48. The van der Waals surface area contributed by atoms with Gasteiger partial charge in [-0.3, -0.25) is 10.1 Å². The van der Waals surface area contributed by atoms with Crippen LogP contribution >= 0.6 is 11.6 Å². The molecule has 0 aliphatic rings. The number of nitriles is 1. The first-order valence-electron chi connectivity index (χ1n) is 4.94. The second kappa shape index (κ2) is 5.29. The highest BCUT2D eigenvalue weighted by Gasteiger charge is 2.13. The zero-order valence-electron chi connectivity index (χ0n) is 9.28. The molecule has 0 spiro atoms. The summed E-state index contributed by atoms with van der Waals surface area (Å²) in [5.74, 6) is 0.144. The van der Waals surface area contributed by atoms with E-state index in [1.54, 1.807) is 0 Å². The van der Waals surface area contributed by atoms with Gasteiger partial charge in [-0.15, -0.1) is 0 Å². The molecule has 2 aromatic rings. The molecule has 0 fully saturated rings. The van der Waals surface area contributed by atoms with Gasteiger partial charge in [0.25, 0.3) is 11.6 Å². The third kappa shape index (κ3) is 2.75. The lowest BCUT2D eigenvalue weighted by Gasteiger charge is -2.06. The van der Waals surface area contributed by atoms with Gasteiger partial charge in [-0.2, -0.15) is 5.26 Å². The molecule has 7 nitrogen and oxygen atoms in total. The molecule has 2 rings (SSSR count). The molecule has 1 heterocycles. The Morgan fingerprint density at radius 3 is 2.74 bits per heavy atom. The molecule has 1 aromatic carbocycles. The molecular formula is C11H5ClN4O3. The van der Waals surface area contributed by atoms with E-state index in [-0.39, 0.29) is 28.0 Å². The Labute approximate surface area is 112 Å². The fraction of sp³-hybridized carbons (Fsp3) is 0. The summed E-state index contributed by atoms with van der Waals surface area (Å²) in [6, 6.07) is 5.54. The molecule has 0 amide bonds. The van der Waals surface area contributed by atoms with E-state index in [1.165, 1.54) is 24.5 Å². The largest absolute Gasteiger partial charge is 0.435 e. The lowest BCUT2D eigenvalue weighted by Crippen LogP contribution is -1.95. The van der Waals surface area contributed by atoms with Gasteiger partial charge in [0.1, 0.15) is 11.8 Å². The standard InChI is InChI=1S/C11H5ClN4O3/c12-8-5-7(16(17)18)1-2-10(8)19-11-9(6-13)14-3-4-15-11/h1-5H. The van der Waals surface area contributed by atoms with Crippen LogP contribution in [0, 0.1) is 21.4 Å². The number of hydrogen-bond donors (Lipinski definition) is 0. The van der Waals surface area contributed by atoms with Crippen molar-refractivity contribution in [1.29, 1.82) is 5.26 Å². The summed E-state index contributed by atoms with van der Waals surface area (Å²) in [7, 11) is 0. The number of nitrogens with zero attached hydrogens (tertiary/aromatic N) is 4. The van der Waals surface area contributed by atoms with Crippen LogP contribution in [0.4, 0.5) is 5.69 Å². The first-order chi connectivity index (χ1) is 9.11. The number of rotatable bonds is 3. The van der Waals surface area contributed by atoms with Crippen LogP contribution in [0.25, 0.3) is 0 Å². The number of non-ortho nitro benzene ring substituents is 1. The van der Waals surface area contributed by atoms with E-state index < -0.39 is 4.92 Å². The summed E-state index contributed by atoms with van der Waals surface area (Å²) in [6.07, 6.45) is 2.71. The SMILES string of the molecule is N#Cc1nccnc1Oc1ccc([N+](=O)[O-])cc1Cl. The van der Waals surface area contributed by atoms with E-state index in [9.17, 15) is 10.1 Å². The first kappa shape index (κ1) is 12.7. The monoisotopic (exact) mass is 276 g/mol. The minimum absolute atomic E-state index is 0.00285. The van der Waals surface area contributed by atoms with Crippen molar-refractivity contribution in [3.8, 4) is 17.7 Å². The third-order valence-electron chi connectivity index (χ3n) is 2.10. The van der Waals surface area contributed by atoms with Crippen molar-refractivity contribution in [3.05, 3.63) is 51.4 Å². The highest BCUT2D eigenvalue weighted by molar-refractivity contribution is 6.32. The first-order valence-corrected chi connectivity index (χ1v) is 5.32. The molecule has 8 heteroatoms. The molecule has 0 saturated heterocycles. The van der Waals surface area contributed by atoms with Gasteiger partial charge in [0.15, 0.2) is 0 Å². The average molecular weight is 277 g/mol. The highest BCUT2D eigenvalue weighted by Crippen LogP contribution is 2.32. The Hall–Kier alpha value is -2.72. The van der Waals surface area contributed by atoms with E-state index in [2.05, 4.69) is 9.97 Å². The Bertz CT molecular complexity index is 684. The van der Waals surface area contributed by atoms with E-state index in [1.807, 2.05) is 6.07 Å². The number of halogens is 1. The van der Waals surface area contributed by atoms with Crippen molar-refractivity contribution in [2.45, 2.75) is 0 Å². The summed E-state index contributed by atoms with van der Waals surface area (Å²) in [4.78, 5) is 17.6. The van der Waals surface area contributed by atoms with Crippen LogP contribution in [0.3, 0.4) is 0 Å². The van der Waals surface area contributed by atoms with Crippen LogP contribution in [-0.2, 0) is 0 Å². The average Bonchev–Trinajstić information content (AvgIpc) is 2.41. The van der Waals surface area contributed by atoms with Gasteiger partial charge in [0, 0.05) is 24.5 Å². The van der Waals surface area contributed by atoms with E-state index in [0.29, 0.717) is 0 Å². The van der Waals surface area contributed by atoms with E-state index >= 15 is 0 Å². The summed E-state index contributed by atoms with van der Waals surface area (Å²) < 4.78 is 5.32. The van der Waals surface area contributed by atoms with E-state index in [4.69, 9.17) is 21.6 Å². The van der Waals surface area contributed by atoms with Gasteiger partial charge in [-0.05, 0) is 6.07 Å². The summed E-state index contributed by atoms with van der Waals surface area (Å²) >= 11 is 5.86. The molecule has 0 N–H and O–H groups in total. The maximum absolute atomic E-state index is 10.6. The number of nitro benzene ring substituents is 1. The Morgan fingerprint density at radius 2 is 2.11 bits per heavy atom. The van der Waals surface area contributed by atoms with Gasteiger partial charge in [-0.25, -0.2) is 9.97 Å². The number of aromatic nitrogens is 2. The van der Waals surface area contributed by atoms with Gasteiger partial charge in [-0.1, -0.05) is 11.6 Å². The normalized spacial score (nSPS) is 9.68. The van der Waals surface area contributed by atoms with Crippen LogP contribution in [0.15, 0.2) is 30.6 Å². The van der Waals surface area contributed by atoms with Crippen LogP contribution in [0.5, 0.6) is 11.6 Å². The molecule has 0 aliphatic carbocycles. The maximum Gasteiger partial charge on any atom is 0.271 e. The minimum Gasteiger partial charge on any atom is -0.435 e. The number of benzene rings is 1. The summed E-state index contributed by atoms with van der Waals surface area (Å²) in [5, 5.41) is 19.4. The van der Waals surface area contributed by atoms with E-state index in [0.717, 1.165) is 6.07 Å². The molecule has 0 atom stereocenters. The second-order valence-electron chi connectivity index (χ2n) is 3.30. The number of nitro groups is 1. The molecule has 1 aromatic heterocycles. The van der Waals surface area contributed by atoms with Crippen LogP contribution < -0.4 is 4.74 Å². The number of hydrogen-bond acceptors (Lipinski definition) is 6. The smallest absolute Gasteiger partial charge is 0.271 e. The quantitative estimate of drug-likeness (QED) is 0.631. The number of ether oxygens (including phenoxy) is 1. The van der Waals surface area contributed by atoms with Crippen LogP contribution in [0.2, 0.25) is 5.02 Å². The lowest BCUT2D eigenvalue weighted by molar-refractivity contribution is -0.384. The Balaban J connectivity index is 2.34. The molecule has 94 valence electrons. The molecule has 0 unspecified atom stereocenters. The molecule has 0 bridgehead atoms. The second-order valence-corrected chi connectivity index (χ2v) is 3.70. The topological polar surface area (TPSA) is 102 Å². The third-order valence-corrected chi connectivity index (χ3v) is 2.40. The molecule has 0 saturated carbocycles. The Kier molecular flexibility index (Phi) is 3.54. The van der Waals surface area contributed by atoms with Crippen LogP contribution in [0.1, 0.15) is 5.69 Å². The fourth-order valence-electron chi connectivity index (χ4n) is 1.27. The van der Waals surface area contributed by atoms with Gasteiger partial charge in [0.2, 0.25) is 5.69 Å². The lowest BCUT2D eigenvalue weighted by atomic mass is 10.3. The Morgan fingerprint density at radius 1 is 1.37 bits per heavy atom. The van der Waals surface area contributed by atoms with Crippen LogP contribution in [-0.4, -0.2) is 14.9 Å². The zero-order chi connectivity index (χ0) is 13.8. The van der Waals surface area contributed by atoms with Crippen molar-refractivity contribution >= 4 is 17.3 Å². The predicted molar refractivity (Wildman–Crippen MR) is 64.9 cm³/mol. The van der Waals surface area contributed by atoms with Gasteiger partial charge < -0.3 is 4.74 Å². The highest BCUT2D eigenvalue weighted by atomic mass is 35.5.